The van der Waals surface area contributed by atoms with Crippen LogP contribution in [0, 0.1) is 0 Å². The second kappa shape index (κ2) is 6.28. The molecule has 6 heteroatoms. The zero-order valence-corrected chi connectivity index (χ0v) is 13.5. The molecule has 0 bridgehead atoms. The molecule has 1 heterocycles. The first-order valence-corrected chi connectivity index (χ1v) is 7.28. The van der Waals surface area contributed by atoms with Crippen molar-refractivity contribution < 1.29 is 4.74 Å². The summed E-state index contributed by atoms with van der Waals surface area (Å²) in [6.45, 7) is 4.19. The van der Waals surface area contributed by atoms with Crippen LogP contribution < -0.4 is 10.5 Å². The second-order valence-corrected chi connectivity index (χ2v) is 5.91. The van der Waals surface area contributed by atoms with Gasteiger partial charge in [-0.3, -0.25) is 0 Å². The maximum atomic E-state index is 5.86. The van der Waals surface area contributed by atoms with Crippen molar-refractivity contribution in [2.75, 3.05) is 0 Å². The van der Waals surface area contributed by atoms with E-state index in [4.69, 9.17) is 22.7 Å². The van der Waals surface area contributed by atoms with Crippen LogP contribution in [0.15, 0.2) is 34.9 Å². The summed E-state index contributed by atoms with van der Waals surface area (Å²) < 4.78 is 6.86. The van der Waals surface area contributed by atoms with Gasteiger partial charge in [0.15, 0.2) is 0 Å². The third-order valence-corrected chi connectivity index (χ3v) is 3.47. The van der Waals surface area contributed by atoms with E-state index in [1.165, 1.54) is 6.20 Å². The maximum absolute atomic E-state index is 5.86. The average molecular weight is 352 g/mol. The number of halogens is 1. The van der Waals surface area contributed by atoms with Crippen molar-refractivity contribution in [1.29, 1.82) is 0 Å². The zero-order valence-electron chi connectivity index (χ0n) is 11.1. The largest absolute Gasteiger partial charge is 0.437 e. The van der Waals surface area contributed by atoms with Crippen molar-refractivity contribution in [3.8, 4) is 11.6 Å². The lowest BCUT2D eigenvalue weighted by Crippen LogP contribution is -2.12. The molecule has 1 aromatic heterocycles. The standard InChI is InChI=1S/C14H14BrN3OS/c1-8(2)11-7-9(15)3-4-12(11)19-14-10(13(16)20)5-6-17-18-14/h3-8H,1-2H3,(H2,16,20). The van der Waals surface area contributed by atoms with E-state index in [1.807, 2.05) is 18.2 Å². The topological polar surface area (TPSA) is 61.0 Å². The van der Waals surface area contributed by atoms with Crippen LogP contribution in [0.3, 0.4) is 0 Å². The number of rotatable bonds is 4. The molecule has 0 amide bonds. The first kappa shape index (κ1) is 14.9. The number of nitrogens with zero attached hydrogens (tertiary/aromatic N) is 2. The van der Waals surface area contributed by atoms with Gasteiger partial charge in [0.2, 0.25) is 5.88 Å². The third-order valence-electron chi connectivity index (χ3n) is 2.75. The Bertz CT molecular complexity index is 646. The van der Waals surface area contributed by atoms with Gasteiger partial charge in [-0.1, -0.05) is 42.0 Å². The molecule has 4 nitrogen and oxygen atoms in total. The number of ether oxygens (including phenoxy) is 1. The van der Waals surface area contributed by atoms with Crippen LogP contribution in [-0.4, -0.2) is 15.2 Å². The first-order valence-electron chi connectivity index (χ1n) is 6.08. The quantitative estimate of drug-likeness (QED) is 0.849. The lowest BCUT2D eigenvalue weighted by atomic mass is 10.0. The van der Waals surface area contributed by atoms with E-state index in [1.54, 1.807) is 6.07 Å². The molecule has 2 N–H and O–H groups in total. The summed E-state index contributed by atoms with van der Waals surface area (Å²) in [5.41, 5.74) is 7.31. The van der Waals surface area contributed by atoms with Crippen LogP contribution in [-0.2, 0) is 0 Å². The van der Waals surface area contributed by atoms with Crippen LogP contribution in [0.5, 0.6) is 11.6 Å². The Labute approximate surface area is 131 Å². The molecule has 0 aliphatic rings. The fourth-order valence-corrected chi connectivity index (χ4v) is 2.28. The van der Waals surface area contributed by atoms with Crippen molar-refractivity contribution in [1.82, 2.24) is 10.2 Å². The van der Waals surface area contributed by atoms with E-state index in [-0.39, 0.29) is 4.99 Å². The van der Waals surface area contributed by atoms with Gasteiger partial charge < -0.3 is 10.5 Å². The van der Waals surface area contributed by atoms with Crippen molar-refractivity contribution in [3.63, 3.8) is 0 Å². The zero-order chi connectivity index (χ0) is 14.7. The van der Waals surface area contributed by atoms with Gasteiger partial charge in [0, 0.05) is 4.47 Å². The lowest BCUT2D eigenvalue weighted by molar-refractivity contribution is 0.446. The van der Waals surface area contributed by atoms with E-state index in [2.05, 4.69) is 40.0 Å². The molecule has 0 spiro atoms. The third kappa shape index (κ3) is 3.32. The SMILES string of the molecule is CC(C)c1cc(Br)ccc1Oc1nnccc1C(N)=S. The van der Waals surface area contributed by atoms with Gasteiger partial charge in [-0.2, -0.15) is 5.10 Å². The summed E-state index contributed by atoms with van der Waals surface area (Å²) in [5.74, 6) is 1.36. The van der Waals surface area contributed by atoms with E-state index < -0.39 is 0 Å². The van der Waals surface area contributed by atoms with Gasteiger partial charge in [-0.25, -0.2) is 0 Å². The van der Waals surface area contributed by atoms with E-state index >= 15 is 0 Å². The highest BCUT2D eigenvalue weighted by Gasteiger charge is 2.14. The molecule has 1 aromatic carbocycles. The Kier molecular flexibility index (Phi) is 4.67. The van der Waals surface area contributed by atoms with Crippen LogP contribution in [0.1, 0.15) is 30.9 Å². The predicted molar refractivity (Wildman–Crippen MR) is 86.2 cm³/mol. The average Bonchev–Trinajstić information content (AvgIpc) is 2.41. The number of hydrogen-bond acceptors (Lipinski definition) is 4. The van der Waals surface area contributed by atoms with Crippen LogP contribution >= 0.6 is 28.1 Å². The highest BCUT2D eigenvalue weighted by molar-refractivity contribution is 9.10. The van der Waals surface area contributed by atoms with Gasteiger partial charge in [0.1, 0.15) is 10.7 Å². The summed E-state index contributed by atoms with van der Waals surface area (Å²) in [4.78, 5) is 0.234. The summed E-state index contributed by atoms with van der Waals surface area (Å²) in [6.07, 6.45) is 1.53. The number of thiocarbonyl (C=S) groups is 1. The molecular formula is C14H14BrN3OS. The van der Waals surface area contributed by atoms with Gasteiger partial charge in [0.05, 0.1) is 11.8 Å². The van der Waals surface area contributed by atoms with Gasteiger partial charge >= 0.3 is 0 Å². The highest BCUT2D eigenvalue weighted by Crippen LogP contribution is 2.33. The molecule has 0 aliphatic heterocycles. The molecule has 0 aliphatic carbocycles. The van der Waals surface area contributed by atoms with Crippen molar-refractivity contribution in [2.45, 2.75) is 19.8 Å². The fraction of sp³-hybridized carbons (Fsp3) is 0.214. The normalized spacial score (nSPS) is 10.6. The number of aromatic nitrogens is 2. The molecular weight excluding hydrogens is 338 g/mol. The lowest BCUT2D eigenvalue weighted by Gasteiger charge is -2.14. The molecule has 20 heavy (non-hydrogen) atoms. The molecule has 104 valence electrons. The molecule has 0 saturated carbocycles. The first-order chi connectivity index (χ1) is 9.49. The Morgan fingerprint density at radius 1 is 1.35 bits per heavy atom. The summed E-state index contributed by atoms with van der Waals surface area (Å²) in [6, 6.07) is 7.52. The molecule has 2 rings (SSSR count). The summed E-state index contributed by atoms with van der Waals surface area (Å²) >= 11 is 8.46. The monoisotopic (exact) mass is 351 g/mol. The molecule has 0 radical (unpaired) electrons. The molecule has 0 unspecified atom stereocenters. The Balaban J connectivity index is 2.43. The molecule has 0 atom stereocenters. The van der Waals surface area contributed by atoms with Gasteiger partial charge in [-0.05, 0) is 35.7 Å². The van der Waals surface area contributed by atoms with Crippen LogP contribution in [0.2, 0.25) is 0 Å². The van der Waals surface area contributed by atoms with Gasteiger partial charge in [-0.15, -0.1) is 5.10 Å². The molecule has 2 aromatic rings. The second-order valence-electron chi connectivity index (χ2n) is 4.55. The minimum atomic E-state index is 0.234. The van der Waals surface area contributed by atoms with E-state index in [0.29, 0.717) is 17.4 Å². The van der Waals surface area contributed by atoms with Crippen LogP contribution in [0.4, 0.5) is 0 Å². The predicted octanol–water partition coefficient (Wildman–Crippen LogP) is 3.79. The minimum absolute atomic E-state index is 0.234. The van der Waals surface area contributed by atoms with Crippen LogP contribution in [0.25, 0.3) is 0 Å². The van der Waals surface area contributed by atoms with Crippen molar-refractivity contribution in [2.24, 2.45) is 5.73 Å². The fourth-order valence-electron chi connectivity index (χ4n) is 1.75. The molecule has 0 fully saturated rings. The Morgan fingerprint density at radius 2 is 2.10 bits per heavy atom. The van der Waals surface area contributed by atoms with Crippen molar-refractivity contribution in [3.05, 3.63) is 46.1 Å². The number of benzene rings is 1. The molecule has 0 saturated heterocycles. The smallest absolute Gasteiger partial charge is 0.249 e. The minimum Gasteiger partial charge on any atom is -0.437 e. The van der Waals surface area contributed by atoms with E-state index in [0.717, 1.165) is 15.8 Å². The van der Waals surface area contributed by atoms with Gasteiger partial charge in [0.25, 0.3) is 0 Å². The Morgan fingerprint density at radius 3 is 2.75 bits per heavy atom. The number of nitrogens with two attached hydrogens (primary N) is 1. The van der Waals surface area contributed by atoms with Crippen molar-refractivity contribution >= 4 is 33.1 Å². The summed E-state index contributed by atoms with van der Waals surface area (Å²) in [5, 5.41) is 7.78. The Hall–Kier alpha value is -1.53. The number of hydrogen-bond donors (Lipinski definition) is 1. The van der Waals surface area contributed by atoms with E-state index in [9.17, 15) is 0 Å². The highest BCUT2D eigenvalue weighted by atomic mass is 79.9. The maximum Gasteiger partial charge on any atom is 0.249 e. The summed E-state index contributed by atoms with van der Waals surface area (Å²) in [7, 11) is 0.